The summed E-state index contributed by atoms with van der Waals surface area (Å²) in [6, 6.07) is 3.64. The van der Waals surface area contributed by atoms with E-state index in [2.05, 4.69) is 5.32 Å². The molecule has 0 bridgehead atoms. The fourth-order valence-corrected chi connectivity index (χ4v) is 2.81. The van der Waals surface area contributed by atoms with Crippen LogP contribution in [-0.4, -0.2) is 65.3 Å². The van der Waals surface area contributed by atoms with Gasteiger partial charge in [-0.3, -0.25) is 4.79 Å². The largest absolute Gasteiger partial charge is 0.497 e. The lowest BCUT2D eigenvalue weighted by molar-refractivity contribution is -0.154. The maximum absolute atomic E-state index is 12.4. The summed E-state index contributed by atoms with van der Waals surface area (Å²) in [4.78, 5) is 25.6. The standard InChI is InChI=1S/C16H19Cl3N2O6/c1-25-10-4-3-9(12(5-10)26-2)6-21-11(7-22)13(14(21)23)20-15(24)27-8-16(17,18)19/h3-5,11,13,22H,6-8H2,1-2H3,(H,20,24). The van der Waals surface area contributed by atoms with Gasteiger partial charge in [0.05, 0.1) is 26.9 Å². The zero-order chi connectivity index (χ0) is 20.2. The van der Waals surface area contributed by atoms with E-state index in [-0.39, 0.29) is 19.1 Å². The maximum atomic E-state index is 12.4. The minimum Gasteiger partial charge on any atom is -0.497 e. The Hall–Kier alpha value is -1.61. The van der Waals surface area contributed by atoms with E-state index >= 15 is 0 Å². The van der Waals surface area contributed by atoms with Gasteiger partial charge in [-0.25, -0.2) is 4.79 Å². The summed E-state index contributed by atoms with van der Waals surface area (Å²) in [6.07, 6.45) is -0.917. The number of benzene rings is 1. The van der Waals surface area contributed by atoms with Crippen molar-refractivity contribution in [3.05, 3.63) is 23.8 Å². The molecule has 2 rings (SSSR count). The molecule has 27 heavy (non-hydrogen) atoms. The molecule has 0 radical (unpaired) electrons. The molecule has 0 aromatic heterocycles. The van der Waals surface area contributed by atoms with Crippen LogP contribution in [0.1, 0.15) is 5.56 Å². The first-order valence-electron chi connectivity index (χ1n) is 7.82. The lowest BCUT2D eigenvalue weighted by Gasteiger charge is -2.46. The van der Waals surface area contributed by atoms with Crippen molar-refractivity contribution in [3.8, 4) is 11.5 Å². The molecule has 8 nitrogen and oxygen atoms in total. The molecule has 1 aromatic carbocycles. The molecular weight excluding hydrogens is 423 g/mol. The van der Waals surface area contributed by atoms with Gasteiger partial charge in [0.2, 0.25) is 9.70 Å². The molecule has 150 valence electrons. The van der Waals surface area contributed by atoms with Gasteiger partial charge in [-0.15, -0.1) is 0 Å². The molecular formula is C16H19Cl3N2O6. The number of aliphatic hydroxyl groups excluding tert-OH is 1. The second-order valence-electron chi connectivity index (χ2n) is 5.71. The van der Waals surface area contributed by atoms with Gasteiger partial charge >= 0.3 is 6.09 Å². The Morgan fingerprint density at radius 3 is 2.56 bits per heavy atom. The average Bonchev–Trinajstić information content (AvgIpc) is 2.64. The van der Waals surface area contributed by atoms with E-state index in [1.54, 1.807) is 18.2 Å². The van der Waals surface area contributed by atoms with Crippen molar-refractivity contribution in [1.29, 1.82) is 0 Å². The molecule has 2 N–H and O–H groups in total. The van der Waals surface area contributed by atoms with Crippen molar-refractivity contribution in [3.63, 3.8) is 0 Å². The number of ether oxygens (including phenoxy) is 3. The first-order chi connectivity index (χ1) is 12.7. The Morgan fingerprint density at radius 2 is 2.00 bits per heavy atom. The van der Waals surface area contributed by atoms with Gasteiger partial charge in [-0.05, 0) is 12.1 Å². The highest BCUT2D eigenvalue weighted by Gasteiger charge is 2.48. The van der Waals surface area contributed by atoms with Gasteiger partial charge in [0.25, 0.3) is 0 Å². The highest BCUT2D eigenvalue weighted by Crippen LogP contribution is 2.30. The number of hydrogen-bond donors (Lipinski definition) is 2. The molecule has 1 aliphatic rings. The number of aliphatic hydroxyl groups is 1. The normalized spacial score (nSPS) is 19.3. The highest BCUT2D eigenvalue weighted by molar-refractivity contribution is 6.67. The van der Waals surface area contributed by atoms with Crippen LogP contribution in [0.5, 0.6) is 11.5 Å². The molecule has 1 fully saturated rings. The molecule has 0 spiro atoms. The van der Waals surface area contributed by atoms with Crippen molar-refractivity contribution in [2.75, 3.05) is 27.4 Å². The fourth-order valence-electron chi connectivity index (χ4n) is 2.64. The zero-order valence-corrected chi connectivity index (χ0v) is 16.8. The van der Waals surface area contributed by atoms with Crippen molar-refractivity contribution in [2.24, 2.45) is 0 Å². The lowest BCUT2D eigenvalue weighted by atomic mass is 9.94. The minimum atomic E-state index is -1.76. The van der Waals surface area contributed by atoms with Gasteiger partial charge in [0.15, 0.2) is 0 Å². The minimum absolute atomic E-state index is 0.193. The number of nitrogens with zero attached hydrogens (tertiary/aromatic N) is 1. The van der Waals surface area contributed by atoms with E-state index < -0.39 is 28.6 Å². The third-order valence-electron chi connectivity index (χ3n) is 4.00. The second kappa shape index (κ2) is 9.05. The predicted molar refractivity (Wildman–Crippen MR) is 99.5 cm³/mol. The van der Waals surface area contributed by atoms with Crippen molar-refractivity contribution >= 4 is 46.8 Å². The van der Waals surface area contributed by atoms with E-state index in [9.17, 15) is 14.7 Å². The number of methoxy groups -OCH3 is 2. The molecule has 0 aliphatic carbocycles. The number of alkyl carbamates (subject to hydrolysis) is 1. The number of amides is 2. The first kappa shape index (κ1) is 21.7. The van der Waals surface area contributed by atoms with Gasteiger partial charge in [0, 0.05) is 18.2 Å². The van der Waals surface area contributed by atoms with Crippen LogP contribution in [0.4, 0.5) is 4.79 Å². The number of hydrogen-bond acceptors (Lipinski definition) is 6. The lowest BCUT2D eigenvalue weighted by Crippen LogP contribution is -2.71. The molecule has 2 unspecified atom stereocenters. The summed E-state index contributed by atoms with van der Waals surface area (Å²) in [5, 5.41) is 12.0. The quantitative estimate of drug-likeness (QED) is 0.495. The summed E-state index contributed by atoms with van der Waals surface area (Å²) < 4.78 is 13.4. The van der Waals surface area contributed by atoms with E-state index in [4.69, 9.17) is 49.0 Å². The van der Waals surface area contributed by atoms with Crippen LogP contribution >= 0.6 is 34.8 Å². The summed E-state index contributed by atoms with van der Waals surface area (Å²) in [6.45, 7) is -0.626. The van der Waals surface area contributed by atoms with Crippen LogP contribution in [-0.2, 0) is 16.1 Å². The van der Waals surface area contributed by atoms with E-state index in [0.717, 1.165) is 5.56 Å². The fraction of sp³-hybridized carbons (Fsp3) is 0.500. The van der Waals surface area contributed by atoms with Crippen LogP contribution in [0.3, 0.4) is 0 Å². The summed E-state index contributed by atoms with van der Waals surface area (Å²) in [5.41, 5.74) is 0.724. The topological polar surface area (TPSA) is 97.3 Å². The third kappa shape index (κ3) is 5.44. The smallest absolute Gasteiger partial charge is 0.408 e. The summed E-state index contributed by atoms with van der Waals surface area (Å²) in [5.74, 6) is 0.774. The Morgan fingerprint density at radius 1 is 1.30 bits per heavy atom. The number of rotatable bonds is 7. The average molecular weight is 442 g/mol. The Kier molecular flexibility index (Phi) is 7.27. The maximum Gasteiger partial charge on any atom is 0.408 e. The molecule has 0 saturated carbocycles. The number of likely N-dealkylation sites (tertiary alicyclic amines) is 1. The van der Waals surface area contributed by atoms with Crippen molar-refractivity contribution in [2.45, 2.75) is 22.4 Å². The molecule has 2 atom stereocenters. The summed E-state index contributed by atoms with van der Waals surface area (Å²) in [7, 11) is 3.04. The molecule has 2 amide bonds. The molecule has 1 heterocycles. The van der Waals surface area contributed by atoms with Gasteiger partial charge in [-0.1, -0.05) is 34.8 Å². The number of nitrogens with one attached hydrogen (secondary N) is 1. The van der Waals surface area contributed by atoms with Crippen LogP contribution in [0.2, 0.25) is 0 Å². The molecule has 1 saturated heterocycles. The Balaban J connectivity index is 2.01. The van der Waals surface area contributed by atoms with Gasteiger partial charge < -0.3 is 29.5 Å². The summed E-state index contributed by atoms with van der Waals surface area (Å²) >= 11 is 16.5. The number of β-lactam (4-membered cyclic amide) rings is 1. The molecule has 11 heteroatoms. The molecule has 1 aliphatic heterocycles. The van der Waals surface area contributed by atoms with E-state index in [0.29, 0.717) is 11.5 Å². The highest BCUT2D eigenvalue weighted by atomic mass is 35.6. The SMILES string of the molecule is COc1ccc(CN2C(=O)C(NC(=O)OCC(Cl)(Cl)Cl)C2CO)c(OC)c1. The van der Waals surface area contributed by atoms with Crippen molar-refractivity contribution < 1.29 is 28.9 Å². The first-order valence-corrected chi connectivity index (χ1v) is 8.95. The monoisotopic (exact) mass is 440 g/mol. The van der Waals surface area contributed by atoms with E-state index in [1.807, 2.05) is 0 Å². The zero-order valence-electron chi connectivity index (χ0n) is 14.6. The number of alkyl halides is 3. The molecule has 1 aromatic rings. The van der Waals surface area contributed by atoms with Crippen LogP contribution in [0.25, 0.3) is 0 Å². The van der Waals surface area contributed by atoms with Crippen LogP contribution < -0.4 is 14.8 Å². The van der Waals surface area contributed by atoms with Gasteiger partial charge in [-0.2, -0.15) is 0 Å². The Labute approximate surface area is 171 Å². The predicted octanol–water partition coefficient (Wildman–Crippen LogP) is 1.87. The number of carbonyl (C=O) groups excluding carboxylic acids is 2. The van der Waals surface area contributed by atoms with Gasteiger partial charge in [0.1, 0.15) is 24.1 Å². The van der Waals surface area contributed by atoms with E-state index in [1.165, 1.54) is 19.1 Å². The van der Waals surface area contributed by atoms with Crippen LogP contribution in [0, 0.1) is 0 Å². The third-order valence-corrected chi connectivity index (χ3v) is 4.32. The van der Waals surface area contributed by atoms with Crippen molar-refractivity contribution in [1.82, 2.24) is 10.2 Å². The van der Waals surface area contributed by atoms with Crippen LogP contribution in [0.15, 0.2) is 18.2 Å². The number of halogens is 3. The Bertz CT molecular complexity index is 697. The second-order valence-corrected chi connectivity index (χ2v) is 8.22. The number of carbonyl (C=O) groups is 2.